The van der Waals surface area contributed by atoms with Crippen LogP contribution in [0.4, 0.5) is 19.3 Å². The van der Waals surface area contributed by atoms with E-state index < -0.39 is 33.3 Å². The van der Waals surface area contributed by atoms with Crippen LogP contribution >= 0.6 is 12.4 Å². The van der Waals surface area contributed by atoms with Gasteiger partial charge in [0.25, 0.3) is 0 Å². The minimum Gasteiger partial charge on any atom is -0.439 e. The number of Topliss-reactive ketones (excluding diaryl/α,β-unsaturated/α-hetero) is 1. The molecular weight excluding hydrogens is 638 g/mol. The van der Waals surface area contributed by atoms with E-state index in [2.05, 4.69) is 15.2 Å². The normalized spacial score (nSPS) is 13.9. The maximum absolute atomic E-state index is 14.6. The number of piperidine rings is 1. The molecule has 1 aliphatic rings. The van der Waals surface area contributed by atoms with Crippen LogP contribution in [0.5, 0.6) is 11.6 Å². The zero-order valence-electron chi connectivity index (χ0n) is 26.3. The summed E-state index contributed by atoms with van der Waals surface area (Å²) in [4.78, 5) is 33.7. The number of halogens is 3. The summed E-state index contributed by atoms with van der Waals surface area (Å²) in [6.07, 6.45) is 5.89. The zero-order chi connectivity index (χ0) is 32.6. The Kier molecular flexibility index (Phi) is 13.5. The van der Waals surface area contributed by atoms with Crippen molar-refractivity contribution >= 4 is 39.7 Å². The van der Waals surface area contributed by atoms with Crippen LogP contribution in [-0.4, -0.2) is 66.9 Å². The van der Waals surface area contributed by atoms with Crippen molar-refractivity contribution in [3.8, 4) is 11.6 Å². The molecule has 0 atom stereocenters. The van der Waals surface area contributed by atoms with Crippen molar-refractivity contribution in [2.75, 3.05) is 31.2 Å². The number of pyridine rings is 1. The predicted molar refractivity (Wildman–Crippen MR) is 176 cm³/mol. The lowest BCUT2D eigenvalue weighted by Gasteiger charge is -2.38. The highest BCUT2D eigenvalue weighted by Crippen LogP contribution is 2.25. The average Bonchev–Trinajstić information content (AvgIpc) is 3.00. The molecule has 1 aliphatic heterocycles. The number of nitrogens with zero attached hydrogens (tertiary/aromatic N) is 3. The molecule has 2 aromatic carbocycles. The van der Waals surface area contributed by atoms with E-state index in [-0.39, 0.29) is 41.9 Å². The molecule has 0 saturated carbocycles. The van der Waals surface area contributed by atoms with Gasteiger partial charge in [0, 0.05) is 63.2 Å². The maximum atomic E-state index is 14.6. The van der Waals surface area contributed by atoms with Gasteiger partial charge in [0.05, 0.1) is 17.0 Å². The number of aromatic nitrogens is 1. The molecule has 1 aromatic heterocycles. The number of benzene rings is 2. The first-order valence-electron chi connectivity index (χ1n) is 15.2. The predicted octanol–water partition coefficient (Wildman–Crippen LogP) is 7.01. The lowest BCUT2D eigenvalue weighted by molar-refractivity contribution is 0.0984. The summed E-state index contributed by atoms with van der Waals surface area (Å²) in [5.41, 5.74) is 1.25. The van der Waals surface area contributed by atoms with E-state index in [1.165, 1.54) is 12.5 Å². The smallest absolute Gasteiger partial charge is 0.322 e. The summed E-state index contributed by atoms with van der Waals surface area (Å²) in [6.45, 7) is 6.39. The minimum absolute atomic E-state index is 0. The van der Waals surface area contributed by atoms with Gasteiger partial charge in [-0.15, -0.1) is 12.4 Å². The molecule has 9 nitrogen and oxygen atoms in total. The van der Waals surface area contributed by atoms with Crippen molar-refractivity contribution in [3.05, 3.63) is 83.1 Å². The Morgan fingerprint density at radius 2 is 1.70 bits per heavy atom. The molecule has 0 radical (unpaired) electrons. The Morgan fingerprint density at radius 3 is 2.28 bits per heavy atom. The third-order valence-electron chi connectivity index (χ3n) is 7.71. The van der Waals surface area contributed by atoms with Gasteiger partial charge >= 0.3 is 6.03 Å². The van der Waals surface area contributed by atoms with Crippen LogP contribution in [0.15, 0.2) is 54.7 Å². The highest BCUT2D eigenvalue weighted by molar-refractivity contribution is 7.89. The van der Waals surface area contributed by atoms with Crippen LogP contribution < -0.4 is 10.1 Å². The van der Waals surface area contributed by atoms with Gasteiger partial charge in [0.2, 0.25) is 5.88 Å². The molecule has 4 rings (SSSR count). The first-order chi connectivity index (χ1) is 21.5. The van der Waals surface area contributed by atoms with Crippen LogP contribution in [0.25, 0.3) is 0 Å². The molecule has 0 unspecified atom stereocenters. The lowest BCUT2D eigenvalue weighted by Crippen LogP contribution is -2.49. The van der Waals surface area contributed by atoms with Gasteiger partial charge in [-0.3, -0.25) is 9.69 Å². The second-order valence-electron chi connectivity index (χ2n) is 11.4. The number of hydrogen-bond acceptors (Lipinski definition) is 7. The number of sulfone groups is 1. The largest absolute Gasteiger partial charge is 0.439 e. The fourth-order valence-corrected chi connectivity index (χ4v) is 6.08. The number of likely N-dealkylation sites (tertiary alicyclic amines) is 1. The number of unbranched alkanes of at least 4 members (excludes halogenated alkanes) is 1. The van der Waals surface area contributed by atoms with Gasteiger partial charge in [-0.1, -0.05) is 38.5 Å². The molecule has 250 valence electrons. The Bertz CT molecular complexity index is 1580. The van der Waals surface area contributed by atoms with Crippen molar-refractivity contribution in [2.24, 2.45) is 0 Å². The second-order valence-corrected chi connectivity index (χ2v) is 13.5. The third kappa shape index (κ3) is 10.5. The third-order valence-corrected chi connectivity index (χ3v) is 8.57. The van der Waals surface area contributed by atoms with E-state index in [9.17, 15) is 26.8 Å². The van der Waals surface area contributed by atoms with Crippen molar-refractivity contribution in [1.82, 2.24) is 14.8 Å². The van der Waals surface area contributed by atoms with Crippen LogP contribution in [0.3, 0.4) is 0 Å². The minimum atomic E-state index is -3.14. The van der Waals surface area contributed by atoms with Crippen LogP contribution in [0.2, 0.25) is 0 Å². The standard InChI is InChI=1S/C33H40F2N4O5S.ClH/c1-4-6-15-39(33(41)37-30-18-27(31(40)5-2)28(34)19-29(30)35)25-13-16-38(17-14-25)21-23-7-10-26(11-8-23)44-32-12-9-24(20-36-32)22-45(3,42)43;/h7-12,18-20,25H,4-6,13-17,21-22H2,1-3H3,(H,37,41);1H. The summed E-state index contributed by atoms with van der Waals surface area (Å²) in [5, 5.41) is 2.59. The number of urea groups is 1. The van der Waals surface area contributed by atoms with Gasteiger partial charge in [-0.2, -0.15) is 0 Å². The van der Waals surface area contributed by atoms with Crippen molar-refractivity contribution in [3.63, 3.8) is 0 Å². The molecule has 0 bridgehead atoms. The molecule has 0 spiro atoms. The Labute approximate surface area is 275 Å². The molecular formula is C33H41ClF2N4O5S. The second kappa shape index (κ2) is 16.8. The summed E-state index contributed by atoms with van der Waals surface area (Å²) in [5.74, 6) is -1.41. The molecule has 2 amide bonds. The number of carbonyl (C=O) groups excluding carboxylic acids is 2. The average molecular weight is 679 g/mol. The van der Waals surface area contributed by atoms with Gasteiger partial charge in [0.15, 0.2) is 15.6 Å². The summed E-state index contributed by atoms with van der Waals surface area (Å²) in [6, 6.07) is 12.2. The first kappa shape index (κ1) is 36.9. The van der Waals surface area contributed by atoms with Crippen molar-refractivity contribution in [2.45, 2.75) is 64.3 Å². The molecule has 3 aromatic rings. The number of rotatable bonds is 13. The van der Waals surface area contributed by atoms with Crippen LogP contribution in [0, 0.1) is 11.6 Å². The fourth-order valence-electron chi connectivity index (χ4n) is 5.30. The highest BCUT2D eigenvalue weighted by atomic mass is 35.5. The number of carbonyl (C=O) groups is 2. The molecule has 46 heavy (non-hydrogen) atoms. The van der Waals surface area contributed by atoms with Gasteiger partial charge in [-0.05, 0) is 48.6 Å². The summed E-state index contributed by atoms with van der Waals surface area (Å²) < 4.78 is 57.5. The lowest BCUT2D eigenvalue weighted by atomic mass is 10.0. The number of ketones is 1. The number of amides is 2. The molecule has 1 fully saturated rings. The SMILES string of the molecule is CCCCN(C(=O)Nc1cc(C(=O)CC)c(F)cc1F)C1CCN(Cc2ccc(Oc3ccc(CS(C)(=O)=O)cn3)cc2)CC1.Cl. The zero-order valence-corrected chi connectivity index (χ0v) is 27.9. The van der Waals surface area contributed by atoms with Crippen molar-refractivity contribution < 1.29 is 31.5 Å². The van der Waals surface area contributed by atoms with E-state index in [4.69, 9.17) is 4.74 Å². The molecule has 1 N–H and O–H groups in total. The number of nitrogens with one attached hydrogen (secondary N) is 1. The topological polar surface area (TPSA) is 109 Å². The number of ether oxygens (including phenoxy) is 1. The van der Waals surface area contributed by atoms with E-state index in [1.807, 2.05) is 31.2 Å². The van der Waals surface area contributed by atoms with E-state index in [0.29, 0.717) is 29.8 Å². The van der Waals surface area contributed by atoms with Gasteiger partial charge in [0.1, 0.15) is 17.4 Å². The van der Waals surface area contributed by atoms with Gasteiger partial charge < -0.3 is 15.0 Å². The first-order valence-corrected chi connectivity index (χ1v) is 17.2. The van der Waals surface area contributed by atoms with Crippen molar-refractivity contribution in [1.29, 1.82) is 0 Å². The summed E-state index contributed by atoms with van der Waals surface area (Å²) in [7, 11) is -3.14. The Hall–Kier alpha value is -3.61. The quantitative estimate of drug-likeness (QED) is 0.194. The Balaban J connectivity index is 0.00000576. The number of hydrogen-bond donors (Lipinski definition) is 1. The van der Waals surface area contributed by atoms with E-state index in [1.54, 1.807) is 24.0 Å². The van der Waals surface area contributed by atoms with Crippen LogP contribution in [0.1, 0.15) is 67.4 Å². The number of anilines is 1. The Morgan fingerprint density at radius 1 is 1.02 bits per heavy atom. The summed E-state index contributed by atoms with van der Waals surface area (Å²) >= 11 is 0. The van der Waals surface area contributed by atoms with E-state index >= 15 is 0 Å². The van der Waals surface area contributed by atoms with Crippen LogP contribution in [-0.2, 0) is 22.1 Å². The van der Waals surface area contributed by atoms with Gasteiger partial charge in [-0.25, -0.2) is 27.0 Å². The fraction of sp³-hybridized carbons (Fsp3) is 0.424. The van der Waals surface area contributed by atoms with E-state index in [0.717, 1.165) is 56.9 Å². The monoisotopic (exact) mass is 678 g/mol. The maximum Gasteiger partial charge on any atom is 0.322 e. The molecule has 1 saturated heterocycles. The highest BCUT2D eigenvalue weighted by Gasteiger charge is 2.28. The molecule has 0 aliphatic carbocycles. The molecule has 2 heterocycles. The molecule has 13 heteroatoms.